The highest BCUT2D eigenvalue weighted by Crippen LogP contribution is 2.43. The lowest BCUT2D eigenvalue weighted by molar-refractivity contribution is 0.0994. The fraction of sp³-hybridized carbons (Fsp3) is 1.00. The van der Waals surface area contributed by atoms with Gasteiger partial charge in [-0.05, 0) is 44.1 Å². The molecule has 2 aliphatic rings. The first-order valence-corrected chi connectivity index (χ1v) is 9.04. The van der Waals surface area contributed by atoms with Crippen molar-refractivity contribution in [3.8, 4) is 0 Å². The number of rotatable bonds is 5. The quantitative estimate of drug-likeness (QED) is 0.829. The van der Waals surface area contributed by atoms with Crippen molar-refractivity contribution in [2.75, 3.05) is 19.8 Å². The molecule has 0 spiro atoms. The molecule has 0 radical (unpaired) electrons. The lowest BCUT2D eigenvalue weighted by Crippen LogP contribution is -2.52. The predicted molar refractivity (Wildman–Crippen MR) is 84.9 cm³/mol. The molecule has 1 saturated carbocycles. The summed E-state index contributed by atoms with van der Waals surface area (Å²) in [6.07, 6.45) is 7.91. The van der Waals surface area contributed by atoms with Gasteiger partial charge in [-0.25, -0.2) is 0 Å². The standard InChI is InChI=1S/C16H31NOS/c1-4-10-17-15-14(6-5-9-16(15,2)3)19-13-7-11-18-12-8-13/h13-15,17H,4-12H2,1-3H3. The summed E-state index contributed by atoms with van der Waals surface area (Å²) in [5.74, 6) is 0. The van der Waals surface area contributed by atoms with Gasteiger partial charge >= 0.3 is 0 Å². The van der Waals surface area contributed by atoms with Gasteiger partial charge in [-0.15, -0.1) is 0 Å². The maximum atomic E-state index is 5.49. The largest absolute Gasteiger partial charge is 0.381 e. The van der Waals surface area contributed by atoms with Crippen LogP contribution in [0.15, 0.2) is 0 Å². The van der Waals surface area contributed by atoms with Crippen LogP contribution in [-0.2, 0) is 4.74 Å². The molecule has 0 aromatic heterocycles. The number of hydrogen-bond acceptors (Lipinski definition) is 3. The lowest BCUT2D eigenvalue weighted by Gasteiger charge is -2.45. The predicted octanol–water partition coefficient (Wildman–Crippen LogP) is 3.85. The van der Waals surface area contributed by atoms with Crippen LogP contribution in [0.1, 0.15) is 59.3 Å². The third-order valence-corrected chi connectivity index (χ3v) is 6.39. The SMILES string of the molecule is CCCNC1C(SC2CCOCC2)CCCC1(C)C. The molecule has 1 saturated heterocycles. The minimum Gasteiger partial charge on any atom is -0.381 e. The molecule has 2 rings (SSSR count). The summed E-state index contributed by atoms with van der Waals surface area (Å²) >= 11 is 2.26. The van der Waals surface area contributed by atoms with Crippen LogP contribution in [0.25, 0.3) is 0 Å². The van der Waals surface area contributed by atoms with Gasteiger partial charge in [-0.1, -0.05) is 27.2 Å². The minimum absolute atomic E-state index is 0.455. The van der Waals surface area contributed by atoms with E-state index in [1.54, 1.807) is 0 Å². The Kier molecular flexibility index (Phi) is 6.04. The molecule has 2 unspecified atom stereocenters. The molecule has 1 N–H and O–H groups in total. The Hall–Kier alpha value is 0.270. The molecule has 0 amide bonds. The van der Waals surface area contributed by atoms with Crippen molar-refractivity contribution in [1.29, 1.82) is 0 Å². The van der Waals surface area contributed by atoms with Gasteiger partial charge in [0.15, 0.2) is 0 Å². The average Bonchev–Trinajstić information content (AvgIpc) is 2.38. The fourth-order valence-corrected chi connectivity index (χ4v) is 5.38. The Morgan fingerprint density at radius 3 is 2.63 bits per heavy atom. The van der Waals surface area contributed by atoms with Gasteiger partial charge in [-0.3, -0.25) is 0 Å². The zero-order valence-corrected chi connectivity index (χ0v) is 13.7. The van der Waals surface area contributed by atoms with Crippen LogP contribution in [0.3, 0.4) is 0 Å². The highest BCUT2D eigenvalue weighted by atomic mass is 32.2. The Bertz CT molecular complexity index is 263. The van der Waals surface area contributed by atoms with Crippen LogP contribution >= 0.6 is 11.8 Å². The number of thioether (sulfide) groups is 1. The van der Waals surface area contributed by atoms with E-state index < -0.39 is 0 Å². The van der Waals surface area contributed by atoms with Gasteiger partial charge in [0.2, 0.25) is 0 Å². The van der Waals surface area contributed by atoms with Gasteiger partial charge in [0.1, 0.15) is 0 Å². The number of hydrogen-bond donors (Lipinski definition) is 1. The van der Waals surface area contributed by atoms with E-state index in [1.807, 2.05) is 0 Å². The topological polar surface area (TPSA) is 21.3 Å². The summed E-state index contributed by atoms with van der Waals surface area (Å²) in [7, 11) is 0. The smallest absolute Gasteiger partial charge is 0.0476 e. The van der Waals surface area contributed by atoms with E-state index in [0.717, 1.165) is 23.7 Å². The van der Waals surface area contributed by atoms with Gasteiger partial charge in [0.25, 0.3) is 0 Å². The summed E-state index contributed by atoms with van der Waals surface area (Å²) in [5, 5.41) is 5.49. The Morgan fingerprint density at radius 2 is 1.95 bits per heavy atom. The van der Waals surface area contributed by atoms with Crippen molar-refractivity contribution in [3.63, 3.8) is 0 Å². The van der Waals surface area contributed by atoms with E-state index in [0.29, 0.717) is 11.5 Å². The molecular weight excluding hydrogens is 254 g/mol. The number of nitrogens with one attached hydrogen (secondary N) is 1. The zero-order chi connectivity index (χ0) is 13.7. The second-order valence-electron chi connectivity index (χ2n) is 6.80. The van der Waals surface area contributed by atoms with Crippen molar-refractivity contribution < 1.29 is 4.74 Å². The van der Waals surface area contributed by atoms with E-state index in [9.17, 15) is 0 Å². The third-order valence-electron chi connectivity index (χ3n) is 4.67. The molecule has 3 heteroatoms. The molecule has 1 aliphatic heterocycles. The Morgan fingerprint density at radius 1 is 1.21 bits per heavy atom. The highest BCUT2D eigenvalue weighted by molar-refractivity contribution is 8.00. The molecule has 2 nitrogen and oxygen atoms in total. The van der Waals surface area contributed by atoms with Crippen molar-refractivity contribution in [1.82, 2.24) is 5.32 Å². The van der Waals surface area contributed by atoms with E-state index in [4.69, 9.17) is 4.74 Å². The van der Waals surface area contributed by atoms with Crippen LogP contribution in [0.4, 0.5) is 0 Å². The second kappa shape index (κ2) is 7.33. The first-order valence-electron chi connectivity index (χ1n) is 8.10. The monoisotopic (exact) mass is 285 g/mol. The highest BCUT2D eigenvalue weighted by Gasteiger charge is 2.39. The van der Waals surface area contributed by atoms with Crippen LogP contribution in [0.5, 0.6) is 0 Å². The summed E-state index contributed by atoms with van der Waals surface area (Å²) < 4.78 is 5.49. The van der Waals surface area contributed by atoms with Gasteiger partial charge in [0.05, 0.1) is 0 Å². The third kappa shape index (κ3) is 4.37. The molecular formula is C16H31NOS. The van der Waals surface area contributed by atoms with Crippen molar-refractivity contribution in [2.45, 2.75) is 75.8 Å². The van der Waals surface area contributed by atoms with Crippen LogP contribution < -0.4 is 5.32 Å². The maximum absolute atomic E-state index is 5.49. The second-order valence-corrected chi connectivity index (χ2v) is 8.34. The molecule has 19 heavy (non-hydrogen) atoms. The molecule has 0 aromatic rings. The first-order chi connectivity index (χ1) is 9.13. The maximum Gasteiger partial charge on any atom is 0.0476 e. The normalized spacial score (nSPS) is 32.4. The summed E-state index contributed by atoms with van der Waals surface area (Å²) in [4.78, 5) is 0. The van der Waals surface area contributed by atoms with E-state index in [2.05, 4.69) is 37.8 Å². The van der Waals surface area contributed by atoms with Crippen LogP contribution in [0, 0.1) is 5.41 Å². The lowest BCUT2D eigenvalue weighted by atomic mass is 9.73. The van der Waals surface area contributed by atoms with E-state index >= 15 is 0 Å². The van der Waals surface area contributed by atoms with Gasteiger partial charge in [0, 0.05) is 29.8 Å². The molecule has 0 bridgehead atoms. The molecule has 1 aliphatic carbocycles. The van der Waals surface area contributed by atoms with Gasteiger partial charge < -0.3 is 10.1 Å². The molecule has 2 atom stereocenters. The van der Waals surface area contributed by atoms with Crippen molar-refractivity contribution in [2.24, 2.45) is 5.41 Å². The molecule has 0 aromatic carbocycles. The van der Waals surface area contributed by atoms with E-state index in [-0.39, 0.29) is 0 Å². The summed E-state index contributed by atoms with van der Waals surface area (Å²) in [6.45, 7) is 10.3. The van der Waals surface area contributed by atoms with Crippen molar-refractivity contribution >= 4 is 11.8 Å². The van der Waals surface area contributed by atoms with Gasteiger partial charge in [-0.2, -0.15) is 11.8 Å². The fourth-order valence-electron chi connectivity index (χ4n) is 3.50. The van der Waals surface area contributed by atoms with Crippen LogP contribution in [-0.4, -0.2) is 36.3 Å². The summed E-state index contributed by atoms with van der Waals surface area (Å²) in [6, 6.07) is 0.689. The molecule has 112 valence electrons. The summed E-state index contributed by atoms with van der Waals surface area (Å²) in [5.41, 5.74) is 0.455. The van der Waals surface area contributed by atoms with E-state index in [1.165, 1.54) is 45.1 Å². The zero-order valence-electron chi connectivity index (χ0n) is 12.9. The van der Waals surface area contributed by atoms with Crippen LogP contribution in [0.2, 0.25) is 0 Å². The molecule has 1 heterocycles. The number of ether oxygens (including phenoxy) is 1. The minimum atomic E-state index is 0.455. The average molecular weight is 285 g/mol. The first kappa shape index (κ1) is 15.7. The van der Waals surface area contributed by atoms with Crippen molar-refractivity contribution in [3.05, 3.63) is 0 Å². The molecule has 2 fully saturated rings. The Balaban J connectivity index is 1.94. The Labute approximate surface area is 123 Å².